The average molecular weight is 479 g/mol. The number of carbonyl (C=O) groups excluding carboxylic acids is 1. The van der Waals surface area contributed by atoms with Crippen molar-refractivity contribution in [1.82, 2.24) is 15.5 Å². The molecule has 9 heteroatoms. The molecule has 1 aromatic heterocycles. The van der Waals surface area contributed by atoms with Gasteiger partial charge in [-0.15, -0.1) is 24.0 Å². The molecular formula is C17H30IN5O3. The van der Waals surface area contributed by atoms with Gasteiger partial charge in [-0.3, -0.25) is 14.7 Å². The number of rotatable bonds is 7. The number of hydrogen-bond acceptors (Lipinski definition) is 5. The fraction of sp³-hybridized carbons (Fsp3) is 0.647. The highest BCUT2D eigenvalue weighted by Crippen LogP contribution is 2.08. The summed E-state index contributed by atoms with van der Waals surface area (Å²) in [6.45, 7) is 9.31. The topological polar surface area (TPSA) is 105 Å². The largest absolute Gasteiger partial charge is 0.454 e. The van der Waals surface area contributed by atoms with Gasteiger partial charge >= 0.3 is 0 Å². The zero-order valence-corrected chi connectivity index (χ0v) is 18.0. The number of hydrogen-bond donors (Lipinski definition) is 3. The number of furan rings is 1. The summed E-state index contributed by atoms with van der Waals surface area (Å²) in [6.07, 6.45) is 0.135. The van der Waals surface area contributed by atoms with Crippen molar-refractivity contribution in [3.05, 3.63) is 23.7 Å². The normalized spacial score (nSPS) is 18.5. The van der Waals surface area contributed by atoms with Crippen LogP contribution in [0.5, 0.6) is 0 Å². The molecule has 1 amide bonds. The summed E-state index contributed by atoms with van der Waals surface area (Å²) in [5, 5.41) is 6.41. The quantitative estimate of drug-likeness (QED) is 0.307. The van der Waals surface area contributed by atoms with Crippen LogP contribution in [-0.2, 0) is 11.3 Å². The van der Waals surface area contributed by atoms with Gasteiger partial charge in [0.05, 0.1) is 19.3 Å². The van der Waals surface area contributed by atoms with E-state index in [0.29, 0.717) is 30.7 Å². The maximum Gasteiger partial charge on any atom is 0.284 e. The lowest BCUT2D eigenvalue weighted by Crippen LogP contribution is -2.50. The van der Waals surface area contributed by atoms with E-state index in [4.69, 9.17) is 14.9 Å². The van der Waals surface area contributed by atoms with E-state index in [2.05, 4.69) is 34.4 Å². The van der Waals surface area contributed by atoms with Gasteiger partial charge in [0.15, 0.2) is 11.7 Å². The molecular weight excluding hydrogens is 449 g/mol. The molecule has 1 atom stereocenters. The average Bonchev–Trinajstić information content (AvgIpc) is 3.04. The van der Waals surface area contributed by atoms with Crippen molar-refractivity contribution in [1.29, 1.82) is 0 Å². The highest BCUT2D eigenvalue weighted by molar-refractivity contribution is 14.0. The molecule has 148 valence electrons. The lowest BCUT2D eigenvalue weighted by atomic mass is 10.2. The van der Waals surface area contributed by atoms with Gasteiger partial charge < -0.3 is 25.5 Å². The molecule has 1 saturated heterocycles. The summed E-state index contributed by atoms with van der Waals surface area (Å²) >= 11 is 0. The standard InChI is InChI=1S/C17H29N5O3.HI/c1-12(2)10-22-6-7-24-14(11-22)9-21-17(19-3)20-8-13-4-5-15(25-13)16(18)23;/h4-5,12,14H,6-11H2,1-3H3,(H2,18,23)(H2,19,20,21);1H. The summed E-state index contributed by atoms with van der Waals surface area (Å²) in [6, 6.07) is 3.28. The third-order valence-corrected chi connectivity index (χ3v) is 3.90. The Kier molecular flexibility index (Phi) is 9.96. The molecule has 1 aliphatic rings. The van der Waals surface area contributed by atoms with E-state index in [9.17, 15) is 4.79 Å². The fourth-order valence-corrected chi connectivity index (χ4v) is 2.79. The van der Waals surface area contributed by atoms with Crippen molar-refractivity contribution in [2.45, 2.75) is 26.5 Å². The number of ether oxygens (including phenoxy) is 1. The van der Waals surface area contributed by atoms with E-state index in [1.54, 1.807) is 19.2 Å². The van der Waals surface area contributed by atoms with E-state index in [1.807, 2.05) is 0 Å². The Balaban J connectivity index is 0.00000338. The molecule has 8 nitrogen and oxygen atoms in total. The van der Waals surface area contributed by atoms with Gasteiger partial charge in [-0.2, -0.15) is 0 Å². The first-order valence-corrected chi connectivity index (χ1v) is 8.65. The molecule has 1 unspecified atom stereocenters. The maximum atomic E-state index is 11.0. The molecule has 0 saturated carbocycles. The Labute approximate surface area is 171 Å². The number of nitrogens with one attached hydrogen (secondary N) is 2. The molecule has 0 aromatic carbocycles. The third kappa shape index (κ3) is 7.50. The number of carbonyl (C=O) groups is 1. The van der Waals surface area contributed by atoms with E-state index < -0.39 is 5.91 Å². The Morgan fingerprint density at radius 3 is 2.81 bits per heavy atom. The Morgan fingerprint density at radius 2 is 2.19 bits per heavy atom. The van der Waals surface area contributed by atoms with Gasteiger partial charge in [-0.25, -0.2) is 0 Å². The second-order valence-corrected chi connectivity index (χ2v) is 6.58. The van der Waals surface area contributed by atoms with E-state index in [0.717, 1.165) is 26.2 Å². The molecule has 1 fully saturated rings. The zero-order valence-electron chi connectivity index (χ0n) is 15.7. The highest BCUT2D eigenvalue weighted by Gasteiger charge is 2.21. The van der Waals surface area contributed by atoms with E-state index in [-0.39, 0.29) is 35.8 Å². The number of aliphatic imine (C=N–C) groups is 1. The smallest absolute Gasteiger partial charge is 0.284 e. The second-order valence-electron chi connectivity index (χ2n) is 6.58. The van der Waals surface area contributed by atoms with Crippen LogP contribution in [0.15, 0.2) is 21.5 Å². The minimum atomic E-state index is -0.575. The van der Waals surface area contributed by atoms with Gasteiger partial charge in [0, 0.05) is 33.2 Å². The van der Waals surface area contributed by atoms with Crippen LogP contribution in [0.4, 0.5) is 0 Å². The number of primary amides is 1. The van der Waals surface area contributed by atoms with E-state index >= 15 is 0 Å². The number of nitrogens with two attached hydrogens (primary N) is 1. The number of nitrogens with zero attached hydrogens (tertiary/aromatic N) is 2. The van der Waals surface area contributed by atoms with Crippen molar-refractivity contribution >= 4 is 35.8 Å². The number of halogens is 1. The van der Waals surface area contributed by atoms with Crippen molar-refractivity contribution in [3.63, 3.8) is 0 Å². The minimum absolute atomic E-state index is 0. The Hall–Kier alpha value is -1.33. The van der Waals surface area contributed by atoms with Crippen LogP contribution in [0.3, 0.4) is 0 Å². The predicted octanol–water partition coefficient (Wildman–Crippen LogP) is 1.02. The zero-order chi connectivity index (χ0) is 18.2. The molecule has 0 spiro atoms. The van der Waals surface area contributed by atoms with Crippen LogP contribution in [0.2, 0.25) is 0 Å². The fourth-order valence-electron chi connectivity index (χ4n) is 2.79. The Morgan fingerprint density at radius 1 is 1.42 bits per heavy atom. The highest BCUT2D eigenvalue weighted by atomic mass is 127. The van der Waals surface area contributed by atoms with Crippen LogP contribution >= 0.6 is 24.0 Å². The number of morpholine rings is 1. The molecule has 2 heterocycles. The molecule has 0 aliphatic carbocycles. The molecule has 4 N–H and O–H groups in total. The summed E-state index contributed by atoms with van der Waals surface area (Å²) in [4.78, 5) is 17.7. The van der Waals surface area contributed by atoms with Crippen molar-refractivity contribution in [2.75, 3.05) is 39.8 Å². The summed E-state index contributed by atoms with van der Waals surface area (Å²) in [7, 11) is 1.71. The lowest BCUT2D eigenvalue weighted by Gasteiger charge is -2.34. The minimum Gasteiger partial charge on any atom is -0.454 e. The lowest BCUT2D eigenvalue weighted by molar-refractivity contribution is -0.0284. The molecule has 1 aromatic rings. The van der Waals surface area contributed by atoms with Crippen molar-refractivity contribution in [2.24, 2.45) is 16.6 Å². The van der Waals surface area contributed by atoms with Crippen LogP contribution in [0.1, 0.15) is 30.2 Å². The second kappa shape index (κ2) is 11.4. The van der Waals surface area contributed by atoms with Crippen molar-refractivity contribution < 1.29 is 13.9 Å². The maximum absolute atomic E-state index is 11.0. The first-order chi connectivity index (χ1) is 12.0. The predicted molar refractivity (Wildman–Crippen MR) is 112 cm³/mol. The summed E-state index contributed by atoms with van der Waals surface area (Å²) < 4.78 is 11.2. The van der Waals surface area contributed by atoms with Crippen molar-refractivity contribution in [3.8, 4) is 0 Å². The third-order valence-electron chi connectivity index (χ3n) is 3.90. The summed E-state index contributed by atoms with van der Waals surface area (Å²) in [5.74, 6) is 1.50. The van der Waals surface area contributed by atoms with Gasteiger partial charge in [0.2, 0.25) is 0 Å². The first kappa shape index (κ1) is 22.7. The summed E-state index contributed by atoms with van der Waals surface area (Å²) in [5.41, 5.74) is 5.17. The van der Waals surface area contributed by atoms with Gasteiger partial charge in [-0.1, -0.05) is 13.8 Å². The van der Waals surface area contributed by atoms with E-state index in [1.165, 1.54) is 0 Å². The van der Waals surface area contributed by atoms with Gasteiger partial charge in [0.25, 0.3) is 5.91 Å². The first-order valence-electron chi connectivity index (χ1n) is 8.65. The monoisotopic (exact) mass is 479 g/mol. The SMILES string of the molecule is CN=C(NCc1ccc(C(N)=O)o1)NCC1CN(CC(C)C)CCO1.I. The van der Waals surface area contributed by atoms with Crippen LogP contribution in [0, 0.1) is 5.92 Å². The molecule has 0 radical (unpaired) electrons. The van der Waals surface area contributed by atoms with Crippen LogP contribution < -0.4 is 16.4 Å². The number of amides is 1. The number of guanidine groups is 1. The molecule has 26 heavy (non-hydrogen) atoms. The van der Waals surface area contributed by atoms with Gasteiger partial charge in [0.1, 0.15) is 5.76 Å². The Bertz CT molecular complexity index is 591. The van der Waals surface area contributed by atoms with Crippen LogP contribution in [-0.4, -0.2) is 62.7 Å². The molecule has 0 bridgehead atoms. The molecule has 1 aliphatic heterocycles. The molecule has 2 rings (SSSR count). The van der Waals surface area contributed by atoms with Crippen LogP contribution in [0.25, 0.3) is 0 Å². The van der Waals surface area contributed by atoms with Gasteiger partial charge in [-0.05, 0) is 18.1 Å².